The first-order chi connectivity index (χ1) is 9.97. The Balaban J connectivity index is 2.08. The van der Waals surface area contributed by atoms with Crippen LogP contribution in [0.4, 0.5) is 5.69 Å². The minimum atomic E-state index is -3.58. The first kappa shape index (κ1) is 15.3. The molecule has 0 saturated carbocycles. The standard InChI is InChI=1S/C14H14N2O3S2/c15-14(20)10-19-12-8-6-11(7-9-12)16-21(17,18)13-4-2-1-3-5-13/h1-9,16H,10H2,(H2,15,20). The third-order valence-corrected chi connectivity index (χ3v) is 4.06. The second-order valence-electron chi connectivity index (χ2n) is 4.20. The lowest BCUT2D eigenvalue weighted by Crippen LogP contribution is -2.17. The van der Waals surface area contributed by atoms with E-state index in [9.17, 15) is 8.42 Å². The van der Waals surface area contributed by atoms with Gasteiger partial charge in [0.1, 0.15) is 17.3 Å². The Bertz CT molecular complexity index is 714. The Kier molecular flexibility index (Phi) is 4.77. The van der Waals surface area contributed by atoms with Crippen molar-refractivity contribution >= 4 is 32.9 Å². The van der Waals surface area contributed by atoms with Gasteiger partial charge in [-0.25, -0.2) is 8.42 Å². The average Bonchev–Trinajstić information content (AvgIpc) is 2.47. The van der Waals surface area contributed by atoms with Crippen LogP contribution in [0.15, 0.2) is 59.5 Å². The van der Waals surface area contributed by atoms with Gasteiger partial charge in [0.15, 0.2) is 0 Å². The number of ether oxygens (including phenoxy) is 1. The van der Waals surface area contributed by atoms with E-state index in [2.05, 4.69) is 4.72 Å². The van der Waals surface area contributed by atoms with Gasteiger partial charge in [-0.2, -0.15) is 0 Å². The summed E-state index contributed by atoms with van der Waals surface area (Å²) in [4.78, 5) is 0.461. The molecule has 21 heavy (non-hydrogen) atoms. The van der Waals surface area contributed by atoms with Crippen molar-refractivity contribution in [1.29, 1.82) is 0 Å². The van der Waals surface area contributed by atoms with Crippen molar-refractivity contribution in [2.24, 2.45) is 5.73 Å². The summed E-state index contributed by atoms with van der Waals surface area (Å²) < 4.78 is 32.0. The molecule has 0 aliphatic rings. The lowest BCUT2D eigenvalue weighted by atomic mass is 10.3. The highest BCUT2D eigenvalue weighted by Gasteiger charge is 2.13. The first-order valence-electron chi connectivity index (χ1n) is 6.06. The zero-order valence-electron chi connectivity index (χ0n) is 11.0. The maximum atomic E-state index is 12.1. The number of hydrogen-bond acceptors (Lipinski definition) is 4. The van der Waals surface area contributed by atoms with E-state index in [-0.39, 0.29) is 16.5 Å². The number of nitrogens with two attached hydrogens (primary N) is 1. The van der Waals surface area contributed by atoms with Gasteiger partial charge in [0, 0.05) is 5.69 Å². The van der Waals surface area contributed by atoms with Crippen molar-refractivity contribution in [3.8, 4) is 5.75 Å². The van der Waals surface area contributed by atoms with Gasteiger partial charge in [-0.1, -0.05) is 30.4 Å². The van der Waals surface area contributed by atoms with E-state index in [4.69, 9.17) is 22.7 Å². The van der Waals surface area contributed by atoms with Gasteiger partial charge >= 0.3 is 0 Å². The van der Waals surface area contributed by atoms with Crippen LogP contribution < -0.4 is 15.2 Å². The van der Waals surface area contributed by atoms with Gasteiger partial charge in [-0.15, -0.1) is 0 Å². The fraction of sp³-hybridized carbons (Fsp3) is 0.0714. The zero-order chi connectivity index (χ0) is 15.3. The maximum Gasteiger partial charge on any atom is 0.261 e. The minimum absolute atomic E-state index is 0.143. The number of thiocarbonyl (C=S) groups is 1. The van der Waals surface area contributed by atoms with Gasteiger partial charge in [-0.05, 0) is 36.4 Å². The van der Waals surface area contributed by atoms with E-state index < -0.39 is 10.0 Å². The molecular weight excluding hydrogens is 308 g/mol. The fourth-order valence-electron chi connectivity index (χ4n) is 1.59. The summed E-state index contributed by atoms with van der Waals surface area (Å²) in [5.74, 6) is 0.561. The molecule has 0 unspecified atom stereocenters. The second kappa shape index (κ2) is 6.55. The third-order valence-electron chi connectivity index (χ3n) is 2.54. The van der Waals surface area contributed by atoms with E-state index in [0.29, 0.717) is 11.4 Å². The first-order valence-corrected chi connectivity index (χ1v) is 7.95. The zero-order valence-corrected chi connectivity index (χ0v) is 12.7. The Labute approximate surface area is 128 Å². The Morgan fingerprint density at radius 1 is 1.10 bits per heavy atom. The van der Waals surface area contributed by atoms with Crippen LogP contribution in [0.5, 0.6) is 5.75 Å². The largest absolute Gasteiger partial charge is 0.487 e. The van der Waals surface area contributed by atoms with Gasteiger partial charge < -0.3 is 10.5 Å². The molecule has 0 spiro atoms. The maximum absolute atomic E-state index is 12.1. The molecule has 0 radical (unpaired) electrons. The number of rotatable bonds is 6. The van der Waals surface area contributed by atoms with Crippen molar-refractivity contribution in [3.05, 3.63) is 54.6 Å². The monoisotopic (exact) mass is 322 g/mol. The molecule has 2 aromatic rings. The SMILES string of the molecule is NC(=S)COc1ccc(NS(=O)(=O)c2ccccc2)cc1. The highest BCUT2D eigenvalue weighted by atomic mass is 32.2. The summed E-state index contributed by atoms with van der Waals surface area (Å²) in [6, 6.07) is 14.6. The van der Waals surface area contributed by atoms with E-state index in [1.54, 1.807) is 42.5 Å². The van der Waals surface area contributed by atoms with Crippen molar-refractivity contribution < 1.29 is 13.2 Å². The number of benzene rings is 2. The molecule has 2 aromatic carbocycles. The lowest BCUT2D eigenvalue weighted by Gasteiger charge is -2.09. The molecule has 0 aliphatic heterocycles. The second-order valence-corrected chi connectivity index (χ2v) is 6.40. The molecule has 0 aromatic heterocycles. The van der Waals surface area contributed by atoms with Crippen molar-refractivity contribution in [2.75, 3.05) is 11.3 Å². The summed E-state index contributed by atoms with van der Waals surface area (Å²) in [5, 5.41) is 0. The number of nitrogens with one attached hydrogen (secondary N) is 1. The molecule has 7 heteroatoms. The van der Waals surface area contributed by atoms with E-state index >= 15 is 0 Å². The van der Waals surface area contributed by atoms with Gasteiger partial charge in [0.25, 0.3) is 10.0 Å². The summed E-state index contributed by atoms with van der Waals surface area (Å²) in [6.07, 6.45) is 0. The highest BCUT2D eigenvalue weighted by molar-refractivity contribution is 7.92. The molecule has 2 rings (SSSR count). The molecule has 0 amide bonds. The molecule has 5 nitrogen and oxygen atoms in total. The van der Waals surface area contributed by atoms with Gasteiger partial charge in [0.2, 0.25) is 0 Å². The van der Waals surface area contributed by atoms with Crippen molar-refractivity contribution in [1.82, 2.24) is 0 Å². The molecular formula is C14H14N2O3S2. The van der Waals surface area contributed by atoms with Crippen molar-refractivity contribution in [2.45, 2.75) is 4.90 Å². The number of sulfonamides is 1. The number of hydrogen-bond donors (Lipinski definition) is 2. The van der Waals surface area contributed by atoms with Crippen LogP contribution in [0, 0.1) is 0 Å². The summed E-state index contributed by atoms with van der Waals surface area (Å²) >= 11 is 4.71. The quantitative estimate of drug-likeness (QED) is 0.797. The minimum Gasteiger partial charge on any atom is -0.487 e. The molecule has 0 heterocycles. The smallest absolute Gasteiger partial charge is 0.261 e. The summed E-state index contributed by atoms with van der Waals surface area (Å²) in [7, 11) is -3.58. The van der Waals surface area contributed by atoms with Crippen LogP contribution in [0.1, 0.15) is 0 Å². The van der Waals surface area contributed by atoms with Gasteiger partial charge in [0.05, 0.1) is 4.90 Å². The summed E-state index contributed by atoms with van der Waals surface area (Å²) in [5.41, 5.74) is 5.78. The van der Waals surface area contributed by atoms with E-state index in [1.807, 2.05) is 0 Å². The predicted molar refractivity (Wildman–Crippen MR) is 86.0 cm³/mol. The molecule has 3 N–H and O–H groups in total. The summed E-state index contributed by atoms with van der Waals surface area (Å²) in [6.45, 7) is 0.143. The number of anilines is 1. The predicted octanol–water partition coefficient (Wildman–Crippen LogP) is 2.15. The van der Waals surface area contributed by atoms with Crippen LogP contribution in [0.3, 0.4) is 0 Å². The van der Waals surface area contributed by atoms with Crippen LogP contribution >= 0.6 is 12.2 Å². The molecule has 0 saturated heterocycles. The van der Waals surface area contributed by atoms with Crippen molar-refractivity contribution in [3.63, 3.8) is 0 Å². The van der Waals surface area contributed by atoms with Crippen LogP contribution in [-0.2, 0) is 10.0 Å². The van der Waals surface area contributed by atoms with Crippen LogP contribution in [0.25, 0.3) is 0 Å². The Morgan fingerprint density at radius 2 is 1.71 bits per heavy atom. The molecule has 110 valence electrons. The molecule has 0 atom stereocenters. The molecule has 0 aliphatic carbocycles. The van der Waals surface area contributed by atoms with E-state index in [1.165, 1.54) is 12.1 Å². The molecule has 0 fully saturated rings. The molecule has 0 bridgehead atoms. The van der Waals surface area contributed by atoms with Crippen LogP contribution in [-0.4, -0.2) is 20.0 Å². The van der Waals surface area contributed by atoms with Crippen LogP contribution in [0.2, 0.25) is 0 Å². The highest BCUT2D eigenvalue weighted by Crippen LogP contribution is 2.19. The third kappa shape index (κ3) is 4.44. The van der Waals surface area contributed by atoms with E-state index in [0.717, 1.165) is 0 Å². The normalized spacial score (nSPS) is 10.9. The lowest BCUT2D eigenvalue weighted by molar-refractivity contribution is 0.377. The fourth-order valence-corrected chi connectivity index (χ4v) is 2.73. The Hall–Kier alpha value is -2.12. The Morgan fingerprint density at radius 3 is 2.29 bits per heavy atom. The topological polar surface area (TPSA) is 81.4 Å². The average molecular weight is 322 g/mol. The van der Waals surface area contributed by atoms with Gasteiger partial charge in [-0.3, -0.25) is 4.72 Å².